The minimum Gasteiger partial charge on any atom is -0.384 e. The van der Waals surface area contributed by atoms with Gasteiger partial charge in [-0.2, -0.15) is 0 Å². The molecule has 6 heteroatoms. The third-order valence-electron chi connectivity index (χ3n) is 4.15. The number of ether oxygens (including phenoxy) is 1. The van der Waals surface area contributed by atoms with E-state index in [0.717, 1.165) is 18.5 Å². The Morgan fingerprint density at radius 3 is 2.92 bits per heavy atom. The highest BCUT2D eigenvalue weighted by atomic mass is 16.5. The molecule has 0 spiro atoms. The summed E-state index contributed by atoms with van der Waals surface area (Å²) in [5.74, 6) is 0.637. The molecule has 0 bridgehead atoms. The minimum absolute atomic E-state index is 0.168. The van der Waals surface area contributed by atoms with Crippen molar-refractivity contribution in [3.63, 3.8) is 0 Å². The van der Waals surface area contributed by atoms with E-state index in [1.54, 1.807) is 18.5 Å². The number of aryl methyl sites for hydroxylation is 1. The van der Waals surface area contributed by atoms with Crippen LogP contribution in [0.3, 0.4) is 0 Å². The van der Waals surface area contributed by atoms with Gasteiger partial charge in [-0.05, 0) is 42.7 Å². The van der Waals surface area contributed by atoms with Crippen molar-refractivity contribution in [3.05, 3.63) is 54.0 Å². The fraction of sp³-hybridized carbons (Fsp3) is 0.389. The summed E-state index contributed by atoms with van der Waals surface area (Å²) in [6, 6.07) is 9.46. The molecule has 1 atom stereocenters. The molecule has 3 rings (SSSR count). The Labute approximate surface area is 141 Å². The van der Waals surface area contributed by atoms with E-state index in [-0.39, 0.29) is 12.0 Å². The number of hydrogen-bond donors (Lipinski definition) is 1. The lowest BCUT2D eigenvalue weighted by molar-refractivity contribution is -0.139. The summed E-state index contributed by atoms with van der Waals surface area (Å²) in [6.45, 7) is 1.69. The largest absolute Gasteiger partial charge is 0.384 e. The molecule has 3 heterocycles. The van der Waals surface area contributed by atoms with Crippen molar-refractivity contribution in [1.29, 1.82) is 0 Å². The number of nitrogens with zero attached hydrogens (tertiary/aromatic N) is 3. The number of rotatable bonds is 5. The summed E-state index contributed by atoms with van der Waals surface area (Å²) >= 11 is 0. The monoisotopic (exact) mass is 326 g/mol. The Morgan fingerprint density at radius 1 is 1.29 bits per heavy atom. The number of anilines is 1. The molecule has 1 fully saturated rings. The Bertz CT molecular complexity index is 678. The van der Waals surface area contributed by atoms with Gasteiger partial charge in [-0.1, -0.05) is 6.07 Å². The van der Waals surface area contributed by atoms with Crippen molar-refractivity contribution in [2.24, 2.45) is 0 Å². The Balaban J connectivity index is 1.51. The molecular formula is C18H22N4O2. The third kappa shape index (κ3) is 4.29. The SMILES string of the molecule is Nc1cccc([C@@H]2CN(C(=O)CCCc3ccncc3)CCO2)n1. The van der Waals surface area contributed by atoms with E-state index in [0.29, 0.717) is 31.9 Å². The van der Waals surface area contributed by atoms with E-state index in [4.69, 9.17) is 10.5 Å². The van der Waals surface area contributed by atoms with Crippen LogP contribution in [0.15, 0.2) is 42.7 Å². The zero-order valence-electron chi connectivity index (χ0n) is 13.6. The molecule has 2 aromatic heterocycles. The minimum atomic E-state index is -0.202. The van der Waals surface area contributed by atoms with E-state index < -0.39 is 0 Å². The van der Waals surface area contributed by atoms with Gasteiger partial charge < -0.3 is 15.4 Å². The van der Waals surface area contributed by atoms with Crippen molar-refractivity contribution in [3.8, 4) is 0 Å². The van der Waals surface area contributed by atoms with Gasteiger partial charge in [-0.15, -0.1) is 0 Å². The van der Waals surface area contributed by atoms with Gasteiger partial charge in [0.25, 0.3) is 0 Å². The van der Waals surface area contributed by atoms with Crippen LogP contribution in [0.4, 0.5) is 5.82 Å². The Morgan fingerprint density at radius 2 is 2.12 bits per heavy atom. The van der Waals surface area contributed by atoms with E-state index in [9.17, 15) is 4.79 Å². The maximum atomic E-state index is 12.4. The number of hydrogen-bond acceptors (Lipinski definition) is 5. The van der Waals surface area contributed by atoms with Gasteiger partial charge in [0.05, 0.1) is 18.8 Å². The van der Waals surface area contributed by atoms with Crippen LogP contribution in [-0.2, 0) is 16.0 Å². The third-order valence-corrected chi connectivity index (χ3v) is 4.15. The fourth-order valence-electron chi connectivity index (χ4n) is 2.85. The maximum absolute atomic E-state index is 12.4. The lowest BCUT2D eigenvalue weighted by atomic mass is 10.1. The number of amides is 1. The van der Waals surface area contributed by atoms with Crippen molar-refractivity contribution in [2.45, 2.75) is 25.4 Å². The summed E-state index contributed by atoms with van der Waals surface area (Å²) < 4.78 is 5.75. The normalized spacial score (nSPS) is 17.7. The fourth-order valence-corrected chi connectivity index (χ4v) is 2.85. The lowest BCUT2D eigenvalue weighted by Gasteiger charge is -2.32. The quantitative estimate of drug-likeness (QED) is 0.908. The summed E-state index contributed by atoms with van der Waals surface area (Å²) in [7, 11) is 0. The number of nitrogens with two attached hydrogens (primary N) is 1. The number of nitrogen functional groups attached to an aromatic ring is 1. The van der Waals surface area contributed by atoms with Gasteiger partial charge in [0, 0.05) is 25.4 Å². The summed E-state index contributed by atoms with van der Waals surface area (Å²) in [4.78, 5) is 22.6. The highest BCUT2D eigenvalue weighted by Gasteiger charge is 2.25. The molecule has 1 aliphatic rings. The summed E-state index contributed by atoms with van der Waals surface area (Å²) in [5, 5.41) is 0. The first-order valence-corrected chi connectivity index (χ1v) is 8.23. The van der Waals surface area contributed by atoms with Crippen LogP contribution in [0.5, 0.6) is 0 Å². The van der Waals surface area contributed by atoms with Crippen molar-refractivity contribution < 1.29 is 9.53 Å². The first-order chi connectivity index (χ1) is 11.7. The second-order valence-corrected chi connectivity index (χ2v) is 5.90. The number of morpholine rings is 1. The second-order valence-electron chi connectivity index (χ2n) is 5.90. The number of carbonyl (C=O) groups is 1. The molecule has 126 valence electrons. The highest BCUT2D eigenvalue weighted by molar-refractivity contribution is 5.76. The molecule has 2 aromatic rings. The molecule has 1 saturated heterocycles. The van der Waals surface area contributed by atoms with Gasteiger partial charge in [0.15, 0.2) is 0 Å². The first-order valence-electron chi connectivity index (χ1n) is 8.23. The maximum Gasteiger partial charge on any atom is 0.222 e. The Hall–Kier alpha value is -2.47. The number of pyridine rings is 2. The van der Waals surface area contributed by atoms with Crippen LogP contribution in [-0.4, -0.2) is 40.5 Å². The van der Waals surface area contributed by atoms with Crippen LogP contribution in [0.1, 0.15) is 30.2 Å². The van der Waals surface area contributed by atoms with Crippen LogP contribution < -0.4 is 5.73 Å². The molecular weight excluding hydrogens is 304 g/mol. The van der Waals surface area contributed by atoms with E-state index in [1.807, 2.05) is 29.2 Å². The molecule has 1 aliphatic heterocycles. The first kappa shape index (κ1) is 16.4. The smallest absolute Gasteiger partial charge is 0.222 e. The van der Waals surface area contributed by atoms with Crippen LogP contribution in [0.2, 0.25) is 0 Å². The van der Waals surface area contributed by atoms with Crippen LogP contribution >= 0.6 is 0 Å². The van der Waals surface area contributed by atoms with Gasteiger partial charge in [-0.25, -0.2) is 4.98 Å². The zero-order valence-corrected chi connectivity index (χ0v) is 13.6. The van der Waals surface area contributed by atoms with Crippen LogP contribution in [0, 0.1) is 0 Å². The predicted octanol–water partition coefficient (Wildman–Crippen LogP) is 1.98. The molecule has 2 N–H and O–H groups in total. The van der Waals surface area contributed by atoms with Gasteiger partial charge in [-0.3, -0.25) is 9.78 Å². The average molecular weight is 326 g/mol. The van der Waals surface area contributed by atoms with Crippen molar-refractivity contribution in [2.75, 3.05) is 25.4 Å². The molecule has 24 heavy (non-hydrogen) atoms. The summed E-state index contributed by atoms with van der Waals surface area (Å²) in [5.41, 5.74) is 7.72. The highest BCUT2D eigenvalue weighted by Crippen LogP contribution is 2.22. The zero-order chi connectivity index (χ0) is 16.8. The van der Waals surface area contributed by atoms with Gasteiger partial charge in [0.1, 0.15) is 11.9 Å². The van der Waals surface area contributed by atoms with Crippen molar-refractivity contribution >= 4 is 11.7 Å². The van der Waals surface area contributed by atoms with Crippen molar-refractivity contribution in [1.82, 2.24) is 14.9 Å². The molecule has 0 unspecified atom stereocenters. The van der Waals surface area contributed by atoms with E-state index in [2.05, 4.69) is 9.97 Å². The average Bonchev–Trinajstić information content (AvgIpc) is 2.63. The molecule has 1 amide bonds. The standard InChI is InChI=1S/C18H22N4O2/c19-17-5-2-4-15(21-17)16-13-22(11-12-24-16)18(23)6-1-3-14-7-9-20-10-8-14/h2,4-5,7-10,16H,1,3,6,11-13H2,(H2,19,21)/t16-/m0/s1. The van der Waals surface area contributed by atoms with E-state index in [1.165, 1.54) is 5.56 Å². The molecule has 0 aromatic carbocycles. The number of aromatic nitrogens is 2. The second kappa shape index (κ2) is 7.88. The van der Waals surface area contributed by atoms with Gasteiger partial charge >= 0.3 is 0 Å². The molecule has 6 nitrogen and oxygen atoms in total. The Kier molecular flexibility index (Phi) is 5.38. The lowest BCUT2D eigenvalue weighted by Crippen LogP contribution is -2.42. The molecule has 0 radical (unpaired) electrons. The van der Waals surface area contributed by atoms with Gasteiger partial charge in [0.2, 0.25) is 5.91 Å². The molecule has 0 saturated carbocycles. The molecule has 0 aliphatic carbocycles. The summed E-state index contributed by atoms with van der Waals surface area (Å²) in [6.07, 6.45) is 5.62. The van der Waals surface area contributed by atoms with Crippen LogP contribution in [0.25, 0.3) is 0 Å². The predicted molar refractivity (Wildman–Crippen MR) is 91.1 cm³/mol. The number of carbonyl (C=O) groups excluding carboxylic acids is 1. The van der Waals surface area contributed by atoms with E-state index >= 15 is 0 Å². The topological polar surface area (TPSA) is 81.3 Å².